The topological polar surface area (TPSA) is 84.9 Å². The standard InChI is InChI=1S/C23H37F3N2O5S/c1-9-32-20(29)19(27-28(21(3,4)5)22(6,7)8)18(23(24,25)26)14-15-33-34(30,31)17-12-10-16(2)11-13-17/h10-13,18-19,27H,9,14-15H2,1-8H3. The van der Waals surface area contributed by atoms with Gasteiger partial charge in [-0.05, 0) is 73.9 Å². The second kappa shape index (κ2) is 11.4. The van der Waals surface area contributed by atoms with Gasteiger partial charge in [0, 0.05) is 11.1 Å². The predicted octanol–water partition coefficient (Wildman–Crippen LogP) is 4.60. The van der Waals surface area contributed by atoms with E-state index >= 15 is 0 Å². The zero-order valence-electron chi connectivity index (χ0n) is 21.1. The van der Waals surface area contributed by atoms with Crippen LogP contribution in [0.5, 0.6) is 0 Å². The minimum atomic E-state index is -4.83. The maximum absolute atomic E-state index is 14.1. The fourth-order valence-electron chi connectivity index (χ4n) is 3.65. The van der Waals surface area contributed by atoms with Gasteiger partial charge in [-0.2, -0.15) is 21.6 Å². The summed E-state index contributed by atoms with van der Waals surface area (Å²) in [6, 6.07) is 3.95. The van der Waals surface area contributed by atoms with Crippen molar-refractivity contribution in [3.8, 4) is 0 Å². The molecule has 0 aliphatic carbocycles. The molecule has 2 atom stereocenters. The monoisotopic (exact) mass is 510 g/mol. The first-order valence-electron chi connectivity index (χ1n) is 11.1. The number of esters is 1. The number of carbonyl (C=O) groups is 1. The molecule has 196 valence electrons. The lowest BCUT2D eigenvalue weighted by Crippen LogP contribution is -2.66. The first-order valence-corrected chi connectivity index (χ1v) is 12.5. The molecular formula is C23H37F3N2O5S. The van der Waals surface area contributed by atoms with Crippen LogP contribution in [0.3, 0.4) is 0 Å². The smallest absolute Gasteiger partial charge is 0.394 e. The van der Waals surface area contributed by atoms with Gasteiger partial charge in [0.05, 0.1) is 24.0 Å². The van der Waals surface area contributed by atoms with Crippen molar-refractivity contribution in [3.05, 3.63) is 29.8 Å². The van der Waals surface area contributed by atoms with E-state index in [9.17, 15) is 26.4 Å². The predicted molar refractivity (Wildman–Crippen MR) is 123 cm³/mol. The van der Waals surface area contributed by atoms with Crippen LogP contribution in [0, 0.1) is 12.8 Å². The van der Waals surface area contributed by atoms with Crippen LogP contribution in [-0.2, 0) is 23.8 Å². The Morgan fingerprint density at radius 2 is 1.53 bits per heavy atom. The number of nitrogens with one attached hydrogen (secondary N) is 1. The Labute approximate surface area is 201 Å². The number of ether oxygens (including phenoxy) is 1. The summed E-state index contributed by atoms with van der Waals surface area (Å²) >= 11 is 0. The Balaban J connectivity index is 3.22. The Morgan fingerprint density at radius 3 is 1.94 bits per heavy atom. The van der Waals surface area contributed by atoms with Crippen LogP contribution in [-0.4, -0.2) is 55.9 Å². The van der Waals surface area contributed by atoms with Crippen LogP contribution in [0.1, 0.15) is 60.5 Å². The Hall–Kier alpha value is -1.69. The van der Waals surface area contributed by atoms with Crippen molar-refractivity contribution in [3.63, 3.8) is 0 Å². The van der Waals surface area contributed by atoms with E-state index in [2.05, 4.69) is 5.43 Å². The minimum absolute atomic E-state index is 0.106. The van der Waals surface area contributed by atoms with Crippen LogP contribution in [0.25, 0.3) is 0 Å². The minimum Gasteiger partial charge on any atom is -0.465 e. The molecule has 0 fully saturated rings. The number of hydrogen-bond acceptors (Lipinski definition) is 7. The molecule has 0 aliphatic rings. The summed E-state index contributed by atoms with van der Waals surface area (Å²) in [5.41, 5.74) is 2.27. The van der Waals surface area contributed by atoms with E-state index in [1.54, 1.807) is 65.6 Å². The van der Waals surface area contributed by atoms with Gasteiger partial charge in [-0.15, -0.1) is 0 Å². The lowest BCUT2D eigenvalue weighted by molar-refractivity contribution is -0.202. The molecule has 0 radical (unpaired) electrons. The van der Waals surface area contributed by atoms with Crippen molar-refractivity contribution in [1.29, 1.82) is 0 Å². The van der Waals surface area contributed by atoms with Gasteiger partial charge in [0.2, 0.25) is 0 Å². The molecule has 1 aromatic carbocycles. The van der Waals surface area contributed by atoms with E-state index in [0.717, 1.165) is 5.56 Å². The lowest BCUT2D eigenvalue weighted by Gasteiger charge is -2.47. The maximum atomic E-state index is 14.1. The largest absolute Gasteiger partial charge is 0.465 e. The number of hydrazine groups is 1. The molecule has 0 bridgehead atoms. The van der Waals surface area contributed by atoms with Crippen LogP contribution < -0.4 is 5.43 Å². The molecule has 1 rings (SSSR count). The van der Waals surface area contributed by atoms with Crippen molar-refractivity contribution in [1.82, 2.24) is 10.4 Å². The number of benzene rings is 1. The van der Waals surface area contributed by atoms with Crippen molar-refractivity contribution in [2.24, 2.45) is 5.92 Å². The summed E-state index contributed by atoms with van der Waals surface area (Å²) in [7, 11) is -4.26. The summed E-state index contributed by atoms with van der Waals surface area (Å²) in [6.07, 6.45) is -5.60. The Morgan fingerprint density at radius 1 is 1.03 bits per heavy atom. The first kappa shape index (κ1) is 30.3. The summed E-state index contributed by atoms with van der Waals surface area (Å²) < 4.78 is 77.0. The molecule has 1 aromatic rings. The van der Waals surface area contributed by atoms with Gasteiger partial charge in [-0.1, -0.05) is 17.7 Å². The number of carbonyl (C=O) groups excluding carboxylic acids is 1. The Bertz CT molecular complexity index is 891. The second-order valence-electron chi connectivity index (χ2n) is 10.1. The third kappa shape index (κ3) is 8.83. The first-order chi connectivity index (χ1) is 15.3. The molecule has 7 nitrogen and oxygen atoms in total. The number of hydrogen-bond donors (Lipinski definition) is 1. The summed E-state index contributed by atoms with van der Waals surface area (Å²) in [5.74, 6) is -3.34. The summed E-state index contributed by atoms with van der Waals surface area (Å²) in [6.45, 7) is 13.2. The zero-order chi connectivity index (χ0) is 26.5. The normalized spacial score (nSPS) is 15.3. The maximum Gasteiger partial charge on any atom is 0.394 e. The van der Waals surface area contributed by atoms with Gasteiger partial charge in [-0.3, -0.25) is 8.98 Å². The highest BCUT2D eigenvalue weighted by Gasteiger charge is 2.50. The van der Waals surface area contributed by atoms with Gasteiger partial charge in [-0.25, -0.2) is 10.4 Å². The average Bonchev–Trinajstić information content (AvgIpc) is 2.64. The van der Waals surface area contributed by atoms with Crippen molar-refractivity contribution < 1.29 is 35.3 Å². The molecule has 0 aromatic heterocycles. The third-order valence-corrected chi connectivity index (χ3v) is 6.28. The van der Waals surface area contributed by atoms with Crippen LogP contribution in [0.4, 0.5) is 13.2 Å². The van der Waals surface area contributed by atoms with E-state index in [1.807, 2.05) is 0 Å². The van der Waals surface area contributed by atoms with Crippen LogP contribution in [0.15, 0.2) is 29.2 Å². The fourth-order valence-corrected chi connectivity index (χ4v) is 4.57. The zero-order valence-corrected chi connectivity index (χ0v) is 21.9. The Kier molecular flexibility index (Phi) is 10.1. The molecular weight excluding hydrogens is 473 g/mol. The average molecular weight is 511 g/mol. The van der Waals surface area contributed by atoms with Crippen molar-refractivity contribution in [2.45, 2.75) is 90.0 Å². The third-order valence-electron chi connectivity index (χ3n) is 4.95. The van der Waals surface area contributed by atoms with Gasteiger partial charge < -0.3 is 4.74 Å². The van der Waals surface area contributed by atoms with E-state index < -0.39 is 58.3 Å². The van der Waals surface area contributed by atoms with E-state index in [4.69, 9.17) is 8.92 Å². The molecule has 0 saturated heterocycles. The molecule has 11 heteroatoms. The number of halogens is 3. The molecule has 2 unspecified atom stereocenters. The fraction of sp³-hybridized carbons (Fsp3) is 0.696. The quantitative estimate of drug-likeness (QED) is 0.280. The number of alkyl halides is 3. The summed E-state index contributed by atoms with van der Waals surface area (Å²) in [5, 5.41) is 1.57. The summed E-state index contributed by atoms with van der Waals surface area (Å²) in [4.78, 5) is 12.5. The highest BCUT2D eigenvalue weighted by atomic mass is 32.2. The molecule has 0 spiro atoms. The van der Waals surface area contributed by atoms with Crippen LogP contribution >= 0.6 is 0 Å². The lowest BCUT2D eigenvalue weighted by atomic mass is 9.94. The van der Waals surface area contributed by atoms with Gasteiger partial charge in [0.15, 0.2) is 0 Å². The second-order valence-corrected chi connectivity index (χ2v) is 11.7. The highest BCUT2D eigenvalue weighted by molar-refractivity contribution is 7.86. The van der Waals surface area contributed by atoms with E-state index in [-0.39, 0.29) is 11.5 Å². The van der Waals surface area contributed by atoms with Gasteiger partial charge >= 0.3 is 12.1 Å². The highest BCUT2D eigenvalue weighted by Crippen LogP contribution is 2.34. The number of aryl methyl sites for hydroxylation is 1. The molecule has 0 amide bonds. The molecule has 0 saturated carbocycles. The number of rotatable bonds is 10. The van der Waals surface area contributed by atoms with Crippen molar-refractivity contribution >= 4 is 16.1 Å². The molecule has 0 aliphatic heterocycles. The van der Waals surface area contributed by atoms with Crippen LogP contribution in [0.2, 0.25) is 0 Å². The molecule has 34 heavy (non-hydrogen) atoms. The number of nitrogens with zero attached hydrogens (tertiary/aromatic N) is 1. The van der Waals surface area contributed by atoms with Crippen molar-refractivity contribution in [2.75, 3.05) is 13.2 Å². The van der Waals surface area contributed by atoms with Gasteiger partial charge in [0.25, 0.3) is 10.1 Å². The van der Waals surface area contributed by atoms with Gasteiger partial charge in [0.1, 0.15) is 6.04 Å². The molecule has 0 heterocycles. The van der Waals surface area contributed by atoms with E-state index in [1.165, 1.54) is 19.1 Å². The van der Waals surface area contributed by atoms with E-state index in [0.29, 0.717) is 0 Å². The molecule has 1 N–H and O–H groups in total. The SMILES string of the molecule is CCOC(=O)C(NN(C(C)(C)C)C(C)(C)C)C(CCOS(=O)(=O)c1ccc(C)cc1)C(F)(F)F.